The molecule has 1 aromatic heterocycles. The lowest BCUT2D eigenvalue weighted by molar-refractivity contribution is -0.139. The highest BCUT2D eigenvalue weighted by Crippen LogP contribution is 2.41. The van der Waals surface area contributed by atoms with Crippen molar-refractivity contribution in [3.63, 3.8) is 0 Å². The Balaban J connectivity index is 2.12. The second-order valence-corrected chi connectivity index (χ2v) is 7.72. The lowest BCUT2D eigenvalue weighted by atomic mass is 9.82. The molecule has 0 radical (unpaired) electrons. The molecule has 1 aliphatic rings. The van der Waals surface area contributed by atoms with Gasteiger partial charge in [-0.1, -0.05) is 24.3 Å². The number of aromatic nitrogens is 1. The molecule has 0 fully saturated rings. The molecule has 1 unspecified atom stereocenters. The zero-order valence-electron chi connectivity index (χ0n) is 19.0. The fourth-order valence-electron chi connectivity index (χ4n) is 3.72. The van der Waals surface area contributed by atoms with Crippen molar-refractivity contribution in [2.75, 3.05) is 25.6 Å². The number of carbonyl (C=O) groups excluding carboxylic acids is 1. The van der Waals surface area contributed by atoms with Gasteiger partial charge in [0.25, 0.3) is 0 Å². The zero-order valence-corrected chi connectivity index (χ0v) is 19.0. The number of benzene rings is 1. The fourth-order valence-corrected chi connectivity index (χ4v) is 3.72. The summed E-state index contributed by atoms with van der Waals surface area (Å²) < 4.78 is 50.4. The van der Waals surface area contributed by atoms with Gasteiger partial charge in [0.1, 0.15) is 23.2 Å². The van der Waals surface area contributed by atoms with Gasteiger partial charge in [-0.15, -0.1) is 0 Å². The summed E-state index contributed by atoms with van der Waals surface area (Å²) >= 11 is 0. The molecular formula is C24H23F3N4O3. The molecule has 0 bridgehead atoms. The molecule has 0 saturated carbocycles. The molecule has 0 saturated heterocycles. The van der Waals surface area contributed by atoms with Crippen LogP contribution in [-0.4, -0.2) is 31.7 Å². The number of allylic oxidation sites excluding steroid dienone is 2. The highest BCUT2D eigenvalue weighted by atomic mass is 19.4. The third-order valence-corrected chi connectivity index (χ3v) is 5.27. The minimum atomic E-state index is -4.55. The zero-order chi connectivity index (χ0) is 25.2. The van der Waals surface area contributed by atoms with Gasteiger partial charge in [0.05, 0.1) is 23.7 Å². The van der Waals surface area contributed by atoms with Crippen LogP contribution in [0, 0.1) is 11.3 Å². The number of nitrogens with two attached hydrogens (primary N) is 1. The van der Waals surface area contributed by atoms with E-state index in [0.29, 0.717) is 16.9 Å². The maximum absolute atomic E-state index is 13.3. The normalized spacial score (nSPS) is 16.1. The molecule has 0 amide bonds. The van der Waals surface area contributed by atoms with Crippen molar-refractivity contribution in [2.45, 2.75) is 25.9 Å². The predicted octanol–water partition coefficient (Wildman–Crippen LogP) is 4.48. The predicted molar refractivity (Wildman–Crippen MR) is 119 cm³/mol. The first-order valence-corrected chi connectivity index (χ1v) is 10.3. The van der Waals surface area contributed by atoms with Gasteiger partial charge < -0.3 is 20.1 Å². The van der Waals surface area contributed by atoms with Gasteiger partial charge in [-0.2, -0.15) is 18.4 Å². The van der Waals surface area contributed by atoms with Crippen molar-refractivity contribution >= 4 is 11.8 Å². The third-order valence-electron chi connectivity index (χ3n) is 5.27. The second kappa shape index (κ2) is 9.47. The van der Waals surface area contributed by atoms with E-state index >= 15 is 0 Å². The van der Waals surface area contributed by atoms with E-state index in [-0.39, 0.29) is 35.0 Å². The van der Waals surface area contributed by atoms with Crippen molar-refractivity contribution in [3.8, 4) is 17.2 Å². The fraction of sp³-hybridized carbons (Fsp3) is 0.292. The average Bonchev–Trinajstić information content (AvgIpc) is 2.77. The van der Waals surface area contributed by atoms with Crippen LogP contribution in [-0.2, 0) is 20.4 Å². The van der Waals surface area contributed by atoms with E-state index in [0.717, 1.165) is 12.3 Å². The molecule has 0 spiro atoms. The first kappa shape index (κ1) is 24.6. The van der Waals surface area contributed by atoms with Crippen LogP contribution >= 0.6 is 0 Å². The summed E-state index contributed by atoms with van der Waals surface area (Å²) in [5.74, 6) is -1.05. The van der Waals surface area contributed by atoms with Crippen LogP contribution in [0.25, 0.3) is 11.1 Å². The van der Waals surface area contributed by atoms with Crippen molar-refractivity contribution in [2.24, 2.45) is 5.73 Å². The molecule has 2 aromatic rings. The smallest absolute Gasteiger partial charge is 0.417 e. The maximum atomic E-state index is 13.3. The molecule has 2 heterocycles. The van der Waals surface area contributed by atoms with Crippen LogP contribution < -0.4 is 10.6 Å². The van der Waals surface area contributed by atoms with Gasteiger partial charge in [0.2, 0.25) is 5.88 Å². The summed E-state index contributed by atoms with van der Waals surface area (Å²) in [5, 5.41) is 9.68. The summed E-state index contributed by atoms with van der Waals surface area (Å²) in [6.45, 7) is 3.33. The van der Waals surface area contributed by atoms with E-state index in [9.17, 15) is 23.2 Å². The van der Waals surface area contributed by atoms with Gasteiger partial charge in [-0.25, -0.2) is 9.78 Å². The molecular weight excluding hydrogens is 449 g/mol. The summed E-state index contributed by atoms with van der Waals surface area (Å²) in [4.78, 5) is 18.2. The largest absolute Gasteiger partial charge is 0.463 e. The van der Waals surface area contributed by atoms with Crippen LogP contribution in [0.2, 0.25) is 0 Å². The first-order valence-electron chi connectivity index (χ1n) is 10.3. The van der Waals surface area contributed by atoms with Crippen molar-refractivity contribution in [1.29, 1.82) is 5.26 Å². The van der Waals surface area contributed by atoms with E-state index in [1.165, 1.54) is 0 Å². The number of esters is 1. The minimum absolute atomic E-state index is 0.0381. The SMILES string of the molecule is CCOC(=O)C1=C(C)OC(N)=C(C#N)C1c1ccc(-c2cc(C(F)(F)F)cnc2N(C)C)cc1. The lowest BCUT2D eigenvalue weighted by Gasteiger charge is -2.27. The van der Waals surface area contributed by atoms with Gasteiger partial charge in [-0.3, -0.25) is 0 Å². The van der Waals surface area contributed by atoms with E-state index < -0.39 is 23.6 Å². The van der Waals surface area contributed by atoms with Crippen LogP contribution in [0.1, 0.15) is 30.9 Å². The Kier molecular flexibility index (Phi) is 6.86. The van der Waals surface area contributed by atoms with Gasteiger partial charge >= 0.3 is 12.1 Å². The Morgan fingerprint density at radius 1 is 1.29 bits per heavy atom. The van der Waals surface area contributed by atoms with Crippen LogP contribution in [0.5, 0.6) is 0 Å². The number of anilines is 1. The summed E-state index contributed by atoms with van der Waals surface area (Å²) in [6, 6.07) is 9.50. The van der Waals surface area contributed by atoms with Crippen molar-refractivity contribution in [3.05, 3.63) is 70.4 Å². The Labute approximate surface area is 194 Å². The molecule has 1 atom stereocenters. The number of pyridine rings is 1. The molecule has 34 heavy (non-hydrogen) atoms. The Hall–Kier alpha value is -4.00. The number of nitrogens with zero attached hydrogens (tertiary/aromatic N) is 3. The van der Waals surface area contributed by atoms with E-state index in [1.54, 1.807) is 57.1 Å². The number of halogens is 3. The second-order valence-electron chi connectivity index (χ2n) is 7.72. The lowest BCUT2D eigenvalue weighted by Crippen LogP contribution is -2.25. The molecule has 178 valence electrons. The van der Waals surface area contributed by atoms with Gasteiger partial charge in [0.15, 0.2) is 0 Å². The summed E-state index contributed by atoms with van der Waals surface area (Å²) in [7, 11) is 3.36. The third kappa shape index (κ3) is 4.69. The van der Waals surface area contributed by atoms with Crippen molar-refractivity contribution < 1.29 is 27.4 Å². The van der Waals surface area contributed by atoms with Crippen LogP contribution in [0.15, 0.2) is 59.3 Å². The molecule has 1 aromatic carbocycles. The Morgan fingerprint density at radius 2 is 1.94 bits per heavy atom. The minimum Gasteiger partial charge on any atom is -0.463 e. The van der Waals surface area contributed by atoms with E-state index in [4.69, 9.17) is 15.2 Å². The number of hydrogen-bond acceptors (Lipinski definition) is 7. The topological polar surface area (TPSA) is 101 Å². The monoisotopic (exact) mass is 472 g/mol. The van der Waals surface area contributed by atoms with Gasteiger partial charge in [-0.05, 0) is 31.0 Å². The summed E-state index contributed by atoms with van der Waals surface area (Å²) in [5.41, 5.74) is 6.50. The average molecular weight is 472 g/mol. The number of rotatable bonds is 5. The van der Waals surface area contributed by atoms with Crippen LogP contribution in [0.3, 0.4) is 0 Å². The molecule has 7 nitrogen and oxygen atoms in total. The highest BCUT2D eigenvalue weighted by molar-refractivity contribution is 5.92. The number of carbonyl (C=O) groups is 1. The molecule has 10 heteroatoms. The number of alkyl halides is 3. The molecule has 1 aliphatic heterocycles. The summed E-state index contributed by atoms with van der Waals surface area (Å²) in [6.07, 6.45) is -3.75. The van der Waals surface area contributed by atoms with Crippen LogP contribution in [0.4, 0.5) is 19.0 Å². The van der Waals surface area contributed by atoms with E-state index in [1.807, 2.05) is 6.07 Å². The molecule has 2 N–H and O–H groups in total. The molecule has 3 rings (SSSR count). The first-order chi connectivity index (χ1) is 16.0. The maximum Gasteiger partial charge on any atom is 0.417 e. The Morgan fingerprint density at radius 3 is 2.47 bits per heavy atom. The quantitative estimate of drug-likeness (QED) is 0.641. The van der Waals surface area contributed by atoms with Crippen molar-refractivity contribution in [1.82, 2.24) is 4.98 Å². The number of nitriles is 1. The van der Waals surface area contributed by atoms with E-state index in [2.05, 4.69) is 4.98 Å². The molecule has 0 aliphatic carbocycles. The number of hydrogen-bond donors (Lipinski definition) is 1. The Bertz CT molecular complexity index is 1210. The highest BCUT2D eigenvalue weighted by Gasteiger charge is 2.36. The number of ether oxygens (including phenoxy) is 2. The van der Waals surface area contributed by atoms with Gasteiger partial charge in [0, 0.05) is 25.9 Å². The standard InChI is InChI=1S/C24H23F3N4O3/c1-5-33-23(32)19-13(2)34-21(29)18(11-28)20(19)15-8-6-14(7-9-15)17-10-16(24(25,26)27)12-30-22(17)31(3)4/h6-10,12,20H,5,29H2,1-4H3.